The number of imidazole rings is 1. The van der Waals surface area contributed by atoms with Gasteiger partial charge in [0.15, 0.2) is 0 Å². The number of rotatable bonds is 3. The third-order valence-corrected chi connectivity index (χ3v) is 2.15. The van der Waals surface area contributed by atoms with Crippen LogP contribution in [-0.2, 0) is 11.2 Å². The minimum absolute atomic E-state index is 0.0809. The van der Waals surface area contributed by atoms with Crippen molar-refractivity contribution in [2.75, 3.05) is 0 Å². The van der Waals surface area contributed by atoms with Crippen LogP contribution in [0.1, 0.15) is 17.9 Å². The summed E-state index contributed by atoms with van der Waals surface area (Å²) in [6, 6.07) is 0. The van der Waals surface area contributed by atoms with Crippen molar-refractivity contribution in [3.05, 3.63) is 23.8 Å². The Balaban J connectivity index is 2.28. The SMILES string of the molecule is Cc1c(CCC(=O)O)oc2nccn12. The lowest BCUT2D eigenvalue weighted by Gasteiger charge is -1.93. The molecule has 1 N–H and O–H groups in total. The summed E-state index contributed by atoms with van der Waals surface area (Å²) < 4.78 is 7.18. The van der Waals surface area contributed by atoms with E-state index in [1.165, 1.54) is 0 Å². The third-order valence-electron chi connectivity index (χ3n) is 2.15. The van der Waals surface area contributed by atoms with E-state index < -0.39 is 5.97 Å². The van der Waals surface area contributed by atoms with Crippen LogP contribution < -0.4 is 0 Å². The van der Waals surface area contributed by atoms with Gasteiger partial charge < -0.3 is 9.52 Å². The number of carboxylic acid groups (broad SMARTS) is 1. The Bertz CT molecular complexity index is 469. The number of oxazole rings is 1. The van der Waals surface area contributed by atoms with E-state index >= 15 is 0 Å². The molecule has 14 heavy (non-hydrogen) atoms. The molecule has 0 amide bonds. The molecule has 5 heteroatoms. The van der Waals surface area contributed by atoms with Gasteiger partial charge in [0, 0.05) is 18.8 Å². The summed E-state index contributed by atoms with van der Waals surface area (Å²) in [4.78, 5) is 14.3. The number of aromatic nitrogens is 2. The smallest absolute Gasteiger partial charge is 0.306 e. The molecule has 2 aromatic rings. The minimum Gasteiger partial charge on any atom is -0.481 e. The fourth-order valence-corrected chi connectivity index (χ4v) is 1.39. The Morgan fingerprint density at radius 2 is 2.50 bits per heavy atom. The minimum atomic E-state index is -0.821. The maximum absolute atomic E-state index is 10.4. The Morgan fingerprint density at radius 1 is 1.71 bits per heavy atom. The average molecular weight is 194 g/mol. The lowest BCUT2D eigenvalue weighted by atomic mass is 10.2. The molecule has 0 aromatic carbocycles. The van der Waals surface area contributed by atoms with Crippen LogP contribution in [0.25, 0.3) is 5.84 Å². The van der Waals surface area contributed by atoms with E-state index in [0.717, 1.165) is 5.69 Å². The van der Waals surface area contributed by atoms with Crippen molar-refractivity contribution in [3.63, 3.8) is 0 Å². The van der Waals surface area contributed by atoms with Crippen LogP contribution in [0.3, 0.4) is 0 Å². The standard InChI is InChI=1S/C9H10N2O3/c1-6-7(2-3-8(12)13)14-9-10-4-5-11(6)9/h4-5H,2-3H2,1H3,(H,12,13). The normalized spacial score (nSPS) is 10.9. The fourth-order valence-electron chi connectivity index (χ4n) is 1.39. The predicted octanol–water partition coefficient (Wildman–Crippen LogP) is 1.25. The molecular formula is C9H10N2O3. The van der Waals surface area contributed by atoms with E-state index in [-0.39, 0.29) is 6.42 Å². The second-order valence-corrected chi connectivity index (χ2v) is 3.08. The fraction of sp³-hybridized carbons (Fsp3) is 0.333. The van der Waals surface area contributed by atoms with Crippen LogP contribution in [0, 0.1) is 6.92 Å². The van der Waals surface area contributed by atoms with Crippen LogP contribution in [0.15, 0.2) is 16.8 Å². The molecule has 0 unspecified atom stereocenters. The highest BCUT2D eigenvalue weighted by Gasteiger charge is 2.11. The summed E-state index contributed by atoms with van der Waals surface area (Å²) >= 11 is 0. The van der Waals surface area contributed by atoms with E-state index in [0.29, 0.717) is 18.0 Å². The second-order valence-electron chi connectivity index (χ2n) is 3.08. The molecule has 2 aromatic heterocycles. The van der Waals surface area contributed by atoms with Crippen molar-refractivity contribution in [3.8, 4) is 0 Å². The third kappa shape index (κ3) is 1.37. The number of nitrogens with zero attached hydrogens (tertiary/aromatic N) is 2. The molecule has 0 saturated carbocycles. The molecule has 0 aliphatic carbocycles. The summed E-state index contributed by atoms with van der Waals surface area (Å²) in [5, 5.41) is 8.53. The van der Waals surface area contributed by atoms with Gasteiger partial charge in [-0.3, -0.25) is 9.20 Å². The quantitative estimate of drug-likeness (QED) is 0.798. The van der Waals surface area contributed by atoms with Crippen molar-refractivity contribution in [1.29, 1.82) is 0 Å². The largest absolute Gasteiger partial charge is 0.481 e. The first-order chi connectivity index (χ1) is 6.68. The highest BCUT2D eigenvalue weighted by atomic mass is 16.4. The van der Waals surface area contributed by atoms with Crippen molar-refractivity contribution in [1.82, 2.24) is 9.38 Å². The lowest BCUT2D eigenvalue weighted by Crippen LogP contribution is -1.98. The number of aryl methyl sites for hydroxylation is 2. The number of hydrogen-bond donors (Lipinski definition) is 1. The van der Waals surface area contributed by atoms with E-state index in [9.17, 15) is 4.79 Å². The zero-order chi connectivity index (χ0) is 10.1. The molecule has 0 aliphatic heterocycles. The molecule has 0 aliphatic rings. The van der Waals surface area contributed by atoms with Crippen LogP contribution in [-0.4, -0.2) is 20.5 Å². The van der Waals surface area contributed by atoms with E-state index in [1.54, 1.807) is 16.8 Å². The summed E-state index contributed by atoms with van der Waals surface area (Å²) in [7, 11) is 0. The van der Waals surface area contributed by atoms with Crippen molar-refractivity contribution in [2.24, 2.45) is 0 Å². The van der Waals surface area contributed by atoms with Crippen molar-refractivity contribution in [2.45, 2.75) is 19.8 Å². The molecule has 5 nitrogen and oxygen atoms in total. The molecule has 0 saturated heterocycles. The van der Waals surface area contributed by atoms with Gasteiger partial charge in [-0.25, -0.2) is 4.98 Å². The molecular weight excluding hydrogens is 184 g/mol. The number of aliphatic carboxylic acids is 1. The van der Waals surface area contributed by atoms with Gasteiger partial charge in [-0.05, 0) is 6.92 Å². The molecule has 0 radical (unpaired) electrons. The maximum atomic E-state index is 10.4. The highest BCUT2D eigenvalue weighted by Crippen LogP contribution is 2.15. The molecule has 0 fully saturated rings. The van der Waals surface area contributed by atoms with Gasteiger partial charge in [0.2, 0.25) is 0 Å². The molecule has 74 valence electrons. The Kier molecular flexibility index (Phi) is 1.99. The van der Waals surface area contributed by atoms with E-state index in [1.807, 2.05) is 6.92 Å². The molecule has 2 heterocycles. The molecule has 0 bridgehead atoms. The van der Waals surface area contributed by atoms with Gasteiger partial charge in [-0.2, -0.15) is 0 Å². The summed E-state index contributed by atoms with van der Waals surface area (Å²) in [6.07, 6.45) is 3.92. The van der Waals surface area contributed by atoms with E-state index in [4.69, 9.17) is 9.52 Å². The number of carbonyl (C=O) groups is 1. The maximum Gasteiger partial charge on any atom is 0.306 e. The van der Waals surface area contributed by atoms with Crippen molar-refractivity contribution >= 4 is 11.8 Å². The summed E-state index contributed by atoms with van der Waals surface area (Å²) in [5.41, 5.74) is 0.916. The number of carboxylic acids is 1. The lowest BCUT2D eigenvalue weighted by molar-refractivity contribution is -0.137. The predicted molar refractivity (Wildman–Crippen MR) is 48.2 cm³/mol. The van der Waals surface area contributed by atoms with Gasteiger partial charge in [0.25, 0.3) is 0 Å². The monoisotopic (exact) mass is 194 g/mol. The highest BCUT2D eigenvalue weighted by molar-refractivity contribution is 5.67. The first-order valence-corrected chi connectivity index (χ1v) is 4.31. The molecule has 0 spiro atoms. The van der Waals surface area contributed by atoms with Gasteiger partial charge >= 0.3 is 11.8 Å². The van der Waals surface area contributed by atoms with Gasteiger partial charge in [0.1, 0.15) is 5.76 Å². The Hall–Kier alpha value is -1.78. The van der Waals surface area contributed by atoms with Crippen LogP contribution >= 0.6 is 0 Å². The van der Waals surface area contributed by atoms with Crippen LogP contribution in [0.4, 0.5) is 0 Å². The Labute approximate surface area is 80.0 Å². The van der Waals surface area contributed by atoms with Crippen LogP contribution in [0.2, 0.25) is 0 Å². The zero-order valence-corrected chi connectivity index (χ0v) is 7.73. The number of hydrogen-bond acceptors (Lipinski definition) is 3. The first-order valence-electron chi connectivity index (χ1n) is 4.31. The van der Waals surface area contributed by atoms with Crippen LogP contribution in [0.5, 0.6) is 0 Å². The topological polar surface area (TPSA) is 67.7 Å². The van der Waals surface area contributed by atoms with Crippen molar-refractivity contribution < 1.29 is 14.3 Å². The zero-order valence-electron chi connectivity index (χ0n) is 7.73. The van der Waals surface area contributed by atoms with Gasteiger partial charge in [0.05, 0.1) is 12.1 Å². The molecule has 0 atom stereocenters. The average Bonchev–Trinajstić information content (AvgIpc) is 2.66. The Morgan fingerprint density at radius 3 is 3.14 bits per heavy atom. The van der Waals surface area contributed by atoms with Gasteiger partial charge in [-0.1, -0.05) is 0 Å². The van der Waals surface area contributed by atoms with Gasteiger partial charge in [-0.15, -0.1) is 0 Å². The van der Waals surface area contributed by atoms with E-state index in [2.05, 4.69) is 4.98 Å². The summed E-state index contributed by atoms with van der Waals surface area (Å²) in [5.74, 6) is 0.386. The summed E-state index contributed by atoms with van der Waals surface area (Å²) in [6.45, 7) is 1.88. The first kappa shape index (κ1) is 8.80. The molecule has 2 rings (SSSR count). The second kappa shape index (κ2) is 3.17. The number of fused-ring (bicyclic) bond motifs is 1.